The highest BCUT2D eigenvalue weighted by Gasteiger charge is 2.30. The summed E-state index contributed by atoms with van der Waals surface area (Å²) in [6, 6.07) is 14.3. The third kappa shape index (κ3) is 4.24. The smallest absolute Gasteiger partial charge is 0.265 e. The van der Waals surface area contributed by atoms with Crippen LogP contribution in [0.25, 0.3) is 0 Å². The molecule has 0 aromatic heterocycles. The van der Waals surface area contributed by atoms with Gasteiger partial charge in [-0.1, -0.05) is 12.1 Å². The van der Waals surface area contributed by atoms with E-state index in [4.69, 9.17) is 4.74 Å². The van der Waals surface area contributed by atoms with Crippen LogP contribution in [0, 0.1) is 3.57 Å². The average molecular weight is 472 g/mol. The third-order valence-corrected chi connectivity index (χ3v) is 5.70. The molecule has 2 aromatic carbocycles. The Bertz CT molecular complexity index is 884. The lowest BCUT2D eigenvalue weighted by molar-refractivity contribution is -0.122. The van der Waals surface area contributed by atoms with Crippen molar-refractivity contribution >= 4 is 49.9 Å². The van der Waals surface area contributed by atoms with E-state index in [1.54, 1.807) is 24.3 Å². The molecule has 0 aliphatic carbocycles. The second kappa shape index (κ2) is 7.20. The van der Waals surface area contributed by atoms with Crippen molar-refractivity contribution in [1.29, 1.82) is 0 Å². The summed E-state index contributed by atoms with van der Waals surface area (Å²) in [7, 11) is -3.45. The predicted octanol–water partition coefficient (Wildman–Crippen LogP) is 2.85. The summed E-state index contributed by atoms with van der Waals surface area (Å²) in [6.07, 6.45) is 0.639. The molecule has 0 saturated heterocycles. The summed E-state index contributed by atoms with van der Waals surface area (Å²) in [5, 5.41) is 2.82. The minimum atomic E-state index is -3.45. The molecule has 1 heterocycles. The van der Waals surface area contributed by atoms with Crippen LogP contribution in [-0.2, 0) is 14.8 Å². The Morgan fingerprint density at radius 1 is 1.20 bits per heavy atom. The number of carbonyl (C=O) groups excluding carboxylic acids is 1. The standard InChI is InChI=1S/C17H17IN2O4S/c1-25(22,23)20-11-10-16(24-15-5-3-2-4-14(15)20)17(21)19-13-8-6-12(18)7-9-13/h2-9,16H,10-11H2,1H3,(H,19,21)/t16-/m0/s1. The lowest BCUT2D eigenvalue weighted by Crippen LogP contribution is -2.35. The van der Waals surface area contributed by atoms with Crippen LogP contribution in [-0.4, -0.2) is 33.2 Å². The molecule has 25 heavy (non-hydrogen) atoms. The highest BCUT2D eigenvalue weighted by molar-refractivity contribution is 14.1. The Hall–Kier alpha value is -1.81. The van der Waals surface area contributed by atoms with E-state index in [0.29, 0.717) is 17.1 Å². The van der Waals surface area contributed by atoms with Crippen molar-refractivity contribution < 1.29 is 17.9 Å². The van der Waals surface area contributed by atoms with Crippen molar-refractivity contribution in [3.05, 3.63) is 52.1 Å². The van der Waals surface area contributed by atoms with Crippen LogP contribution in [0.5, 0.6) is 5.75 Å². The number of carbonyl (C=O) groups is 1. The number of benzene rings is 2. The van der Waals surface area contributed by atoms with Gasteiger partial charge in [0.05, 0.1) is 11.9 Å². The molecule has 0 unspecified atom stereocenters. The maximum atomic E-state index is 12.6. The molecule has 1 aliphatic heterocycles. The molecule has 0 bridgehead atoms. The molecule has 132 valence electrons. The molecule has 1 N–H and O–H groups in total. The number of anilines is 2. The molecule has 0 spiro atoms. The maximum absolute atomic E-state index is 12.6. The van der Waals surface area contributed by atoms with Gasteiger partial charge in [-0.2, -0.15) is 0 Å². The van der Waals surface area contributed by atoms with Gasteiger partial charge in [-0.3, -0.25) is 9.10 Å². The van der Waals surface area contributed by atoms with E-state index < -0.39 is 16.1 Å². The van der Waals surface area contributed by atoms with E-state index in [9.17, 15) is 13.2 Å². The molecule has 1 amide bonds. The van der Waals surface area contributed by atoms with Gasteiger partial charge in [0.25, 0.3) is 5.91 Å². The minimum absolute atomic E-state index is 0.181. The largest absolute Gasteiger partial charge is 0.478 e. The topological polar surface area (TPSA) is 75.7 Å². The fourth-order valence-electron chi connectivity index (χ4n) is 2.62. The number of nitrogens with zero attached hydrogens (tertiary/aromatic N) is 1. The first-order valence-corrected chi connectivity index (χ1v) is 10.6. The van der Waals surface area contributed by atoms with Crippen LogP contribution in [0.2, 0.25) is 0 Å². The van der Waals surface area contributed by atoms with Gasteiger partial charge in [0, 0.05) is 22.2 Å². The van der Waals surface area contributed by atoms with E-state index in [2.05, 4.69) is 27.9 Å². The number of nitrogens with one attached hydrogen (secondary N) is 1. The summed E-state index contributed by atoms with van der Waals surface area (Å²) < 4.78 is 32.3. The van der Waals surface area contributed by atoms with Gasteiger partial charge in [0.2, 0.25) is 10.0 Å². The van der Waals surface area contributed by atoms with Gasteiger partial charge >= 0.3 is 0 Å². The van der Waals surface area contributed by atoms with Crippen molar-refractivity contribution in [2.24, 2.45) is 0 Å². The Kier molecular flexibility index (Phi) is 5.19. The van der Waals surface area contributed by atoms with Gasteiger partial charge in [0.1, 0.15) is 5.75 Å². The Morgan fingerprint density at radius 3 is 2.56 bits per heavy atom. The summed E-state index contributed by atoms with van der Waals surface area (Å²) in [4.78, 5) is 12.6. The molecule has 0 fully saturated rings. The van der Waals surface area contributed by atoms with Gasteiger partial charge in [0.15, 0.2) is 6.10 Å². The highest BCUT2D eigenvalue weighted by Crippen LogP contribution is 2.34. The first kappa shape index (κ1) is 18.0. The second-order valence-electron chi connectivity index (χ2n) is 5.69. The number of para-hydroxylation sites is 2. The van der Waals surface area contributed by atoms with E-state index in [0.717, 1.165) is 9.83 Å². The minimum Gasteiger partial charge on any atom is -0.478 e. The highest BCUT2D eigenvalue weighted by atomic mass is 127. The number of fused-ring (bicyclic) bond motifs is 1. The van der Waals surface area contributed by atoms with Crippen LogP contribution < -0.4 is 14.4 Å². The SMILES string of the molecule is CS(=O)(=O)N1CC[C@@H](C(=O)Nc2ccc(I)cc2)Oc2ccccc21. The normalized spacial score (nSPS) is 17.2. The van der Waals surface area contributed by atoms with Crippen molar-refractivity contribution in [2.45, 2.75) is 12.5 Å². The van der Waals surface area contributed by atoms with Crippen molar-refractivity contribution in [3.8, 4) is 5.75 Å². The predicted molar refractivity (Wildman–Crippen MR) is 105 cm³/mol. The fourth-order valence-corrected chi connectivity index (χ4v) is 3.92. The number of hydrogen-bond donors (Lipinski definition) is 1. The van der Waals surface area contributed by atoms with Gasteiger partial charge in [-0.05, 0) is 59.0 Å². The monoisotopic (exact) mass is 472 g/mol. The van der Waals surface area contributed by atoms with Crippen LogP contribution in [0.1, 0.15) is 6.42 Å². The second-order valence-corrected chi connectivity index (χ2v) is 8.85. The molecule has 0 saturated carbocycles. The van der Waals surface area contributed by atoms with Crippen molar-refractivity contribution in [1.82, 2.24) is 0 Å². The van der Waals surface area contributed by atoms with Crippen LogP contribution in [0.15, 0.2) is 48.5 Å². The first-order valence-electron chi connectivity index (χ1n) is 7.64. The fraction of sp³-hybridized carbons (Fsp3) is 0.235. The van der Waals surface area contributed by atoms with Gasteiger partial charge in [-0.15, -0.1) is 0 Å². The van der Waals surface area contributed by atoms with Crippen LogP contribution in [0.4, 0.5) is 11.4 Å². The summed E-state index contributed by atoms with van der Waals surface area (Å²) in [5.41, 5.74) is 1.13. The number of amides is 1. The Labute approximate surface area is 160 Å². The summed E-state index contributed by atoms with van der Waals surface area (Å²) >= 11 is 2.19. The van der Waals surface area contributed by atoms with Crippen LogP contribution >= 0.6 is 22.6 Å². The zero-order valence-electron chi connectivity index (χ0n) is 13.5. The van der Waals surface area contributed by atoms with E-state index in [1.807, 2.05) is 24.3 Å². The number of rotatable bonds is 3. The third-order valence-electron chi connectivity index (χ3n) is 3.80. The molecule has 1 atom stereocenters. The molecule has 3 rings (SSSR count). The van der Waals surface area contributed by atoms with E-state index in [-0.39, 0.29) is 18.9 Å². The number of hydrogen-bond acceptors (Lipinski definition) is 4. The van der Waals surface area contributed by atoms with E-state index in [1.165, 1.54) is 4.31 Å². The van der Waals surface area contributed by atoms with E-state index >= 15 is 0 Å². The van der Waals surface area contributed by atoms with Crippen LogP contribution in [0.3, 0.4) is 0 Å². The Balaban J connectivity index is 1.83. The summed E-state index contributed by atoms with van der Waals surface area (Å²) in [5.74, 6) is 0.0829. The van der Waals surface area contributed by atoms with Gasteiger partial charge < -0.3 is 10.1 Å². The van der Waals surface area contributed by atoms with Crippen molar-refractivity contribution in [3.63, 3.8) is 0 Å². The zero-order chi connectivity index (χ0) is 18.0. The lowest BCUT2D eigenvalue weighted by Gasteiger charge is -2.20. The lowest BCUT2D eigenvalue weighted by atomic mass is 10.2. The first-order chi connectivity index (χ1) is 11.8. The summed E-state index contributed by atoms with van der Waals surface area (Å²) in [6.45, 7) is 0.181. The molecular weight excluding hydrogens is 455 g/mol. The molecular formula is C17H17IN2O4S. The zero-order valence-corrected chi connectivity index (χ0v) is 16.5. The average Bonchev–Trinajstić information content (AvgIpc) is 2.76. The Morgan fingerprint density at radius 2 is 1.88 bits per heavy atom. The quantitative estimate of drug-likeness (QED) is 0.698. The molecule has 6 nitrogen and oxygen atoms in total. The number of ether oxygens (including phenoxy) is 1. The van der Waals surface area contributed by atoms with Crippen molar-refractivity contribution in [2.75, 3.05) is 22.4 Å². The molecule has 8 heteroatoms. The number of halogens is 1. The number of sulfonamides is 1. The molecule has 2 aromatic rings. The molecule has 1 aliphatic rings. The molecule has 0 radical (unpaired) electrons. The maximum Gasteiger partial charge on any atom is 0.265 e. The van der Waals surface area contributed by atoms with Gasteiger partial charge in [-0.25, -0.2) is 8.42 Å².